The first kappa shape index (κ1) is 11.1. The van der Waals surface area contributed by atoms with E-state index < -0.39 is 17.6 Å². The Morgan fingerprint density at radius 1 is 1.43 bits per heavy atom. The Balaban J connectivity index is 2.89. The summed E-state index contributed by atoms with van der Waals surface area (Å²) in [6.45, 7) is 1.46. The van der Waals surface area contributed by atoms with Crippen LogP contribution in [0.15, 0.2) is 12.2 Å². The van der Waals surface area contributed by atoms with Crippen LogP contribution in [0.1, 0.15) is 19.8 Å². The lowest BCUT2D eigenvalue weighted by Crippen LogP contribution is -2.44. The van der Waals surface area contributed by atoms with Crippen molar-refractivity contribution in [3.8, 4) is 0 Å². The lowest BCUT2D eigenvalue weighted by molar-refractivity contribution is -0.231. The van der Waals surface area contributed by atoms with Gasteiger partial charge in [0.25, 0.3) is 0 Å². The molecule has 0 aliphatic heterocycles. The summed E-state index contributed by atoms with van der Waals surface area (Å²) in [6.07, 6.45) is -2.43. The summed E-state index contributed by atoms with van der Waals surface area (Å²) in [4.78, 5) is 11.2. The fourth-order valence-corrected chi connectivity index (χ4v) is 1.44. The first-order chi connectivity index (χ1) is 6.44. The minimum Gasteiger partial charge on any atom is -0.465 e. The summed E-state index contributed by atoms with van der Waals surface area (Å²) in [5.74, 6) is -1.17. The molecule has 1 rings (SSSR count). The minimum absolute atomic E-state index is 0.0311. The standard InChI is InChI=1S/C9H11F3O2/c1-2-14-7(13)8(9(10,11)12)5-3-4-6-8/h3-4H,2,5-6H2,1H3. The quantitative estimate of drug-likeness (QED) is 0.514. The zero-order valence-electron chi connectivity index (χ0n) is 7.73. The van der Waals surface area contributed by atoms with Crippen LogP contribution in [0.5, 0.6) is 0 Å². The van der Waals surface area contributed by atoms with Gasteiger partial charge in [-0.2, -0.15) is 13.2 Å². The van der Waals surface area contributed by atoms with Gasteiger partial charge in [-0.3, -0.25) is 4.79 Å². The van der Waals surface area contributed by atoms with Gasteiger partial charge >= 0.3 is 12.1 Å². The van der Waals surface area contributed by atoms with E-state index in [0.717, 1.165) is 0 Å². The molecule has 0 aromatic carbocycles. The van der Waals surface area contributed by atoms with Crippen LogP contribution in [-0.2, 0) is 9.53 Å². The summed E-state index contributed by atoms with van der Waals surface area (Å²) in [7, 11) is 0. The smallest absolute Gasteiger partial charge is 0.405 e. The van der Waals surface area contributed by atoms with Crippen LogP contribution in [0.3, 0.4) is 0 Å². The molecule has 0 unspecified atom stereocenters. The van der Waals surface area contributed by atoms with Gasteiger partial charge in [0.2, 0.25) is 0 Å². The largest absolute Gasteiger partial charge is 0.465 e. The van der Waals surface area contributed by atoms with Crippen LogP contribution in [-0.4, -0.2) is 18.8 Å². The van der Waals surface area contributed by atoms with E-state index in [0.29, 0.717) is 0 Å². The number of carbonyl (C=O) groups excluding carboxylic acids is 1. The predicted molar refractivity (Wildman–Crippen MR) is 43.5 cm³/mol. The molecule has 0 aromatic rings. The minimum atomic E-state index is -4.54. The van der Waals surface area contributed by atoms with E-state index in [1.807, 2.05) is 0 Å². The van der Waals surface area contributed by atoms with E-state index in [-0.39, 0.29) is 19.4 Å². The van der Waals surface area contributed by atoms with Crippen molar-refractivity contribution in [1.82, 2.24) is 0 Å². The van der Waals surface area contributed by atoms with Gasteiger partial charge in [-0.15, -0.1) is 0 Å². The van der Waals surface area contributed by atoms with E-state index in [2.05, 4.69) is 4.74 Å². The van der Waals surface area contributed by atoms with Crippen LogP contribution < -0.4 is 0 Å². The molecule has 14 heavy (non-hydrogen) atoms. The highest BCUT2D eigenvalue weighted by Crippen LogP contribution is 2.48. The summed E-state index contributed by atoms with van der Waals surface area (Å²) in [6, 6.07) is 0. The van der Waals surface area contributed by atoms with Crippen molar-refractivity contribution >= 4 is 5.97 Å². The van der Waals surface area contributed by atoms with Crippen molar-refractivity contribution in [2.45, 2.75) is 25.9 Å². The van der Waals surface area contributed by atoms with Gasteiger partial charge in [0.15, 0.2) is 5.41 Å². The Hall–Kier alpha value is -1.00. The van der Waals surface area contributed by atoms with Gasteiger partial charge in [-0.25, -0.2) is 0 Å². The van der Waals surface area contributed by atoms with Gasteiger partial charge in [-0.05, 0) is 19.8 Å². The van der Waals surface area contributed by atoms with E-state index >= 15 is 0 Å². The first-order valence-electron chi connectivity index (χ1n) is 4.33. The molecule has 1 aliphatic carbocycles. The molecule has 0 aromatic heterocycles. The zero-order valence-corrected chi connectivity index (χ0v) is 7.73. The Kier molecular flexibility index (Phi) is 2.87. The molecule has 0 N–H and O–H groups in total. The molecular weight excluding hydrogens is 197 g/mol. The highest BCUT2D eigenvalue weighted by atomic mass is 19.4. The number of alkyl halides is 3. The Bertz CT molecular complexity index is 247. The number of esters is 1. The number of hydrogen-bond acceptors (Lipinski definition) is 2. The molecule has 1 aliphatic rings. The molecule has 80 valence electrons. The first-order valence-corrected chi connectivity index (χ1v) is 4.33. The Morgan fingerprint density at radius 2 is 1.93 bits per heavy atom. The van der Waals surface area contributed by atoms with Crippen LogP contribution in [0.2, 0.25) is 0 Å². The van der Waals surface area contributed by atoms with E-state index in [4.69, 9.17) is 0 Å². The number of allylic oxidation sites excluding steroid dienone is 2. The highest BCUT2D eigenvalue weighted by molar-refractivity contribution is 5.79. The molecule has 0 fully saturated rings. The maximum atomic E-state index is 12.6. The van der Waals surface area contributed by atoms with Crippen molar-refractivity contribution < 1.29 is 22.7 Å². The van der Waals surface area contributed by atoms with Crippen molar-refractivity contribution in [2.75, 3.05) is 6.61 Å². The van der Waals surface area contributed by atoms with Crippen LogP contribution in [0.4, 0.5) is 13.2 Å². The molecule has 5 heteroatoms. The van der Waals surface area contributed by atoms with E-state index in [1.165, 1.54) is 19.1 Å². The summed E-state index contributed by atoms with van der Waals surface area (Å²) < 4.78 is 42.4. The van der Waals surface area contributed by atoms with Crippen molar-refractivity contribution in [3.63, 3.8) is 0 Å². The zero-order chi connectivity index (χ0) is 10.8. The third kappa shape index (κ3) is 1.63. The topological polar surface area (TPSA) is 26.3 Å². The second-order valence-electron chi connectivity index (χ2n) is 3.18. The second kappa shape index (κ2) is 3.63. The third-order valence-corrected chi connectivity index (χ3v) is 2.31. The average molecular weight is 208 g/mol. The predicted octanol–water partition coefficient (Wildman–Crippen LogP) is 2.45. The maximum absolute atomic E-state index is 12.6. The van der Waals surface area contributed by atoms with Gasteiger partial charge in [0.05, 0.1) is 6.61 Å². The molecule has 0 heterocycles. The number of ether oxygens (including phenoxy) is 1. The van der Waals surface area contributed by atoms with Crippen LogP contribution in [0, 0.1) is 5.41 Å². The van der Waals surface area contributed by atoms with Crippen molar-refractivity contribution in [1.29, 1.82) is 0 Å². The van der Waals surface area contributed by atoms with Crippen LogP contribution in [0.25, 0.3) is 0 Å². The summed E-state index contributed by atoms with van der Waals surface area (Å²) in [5, 5.41) is 0. The Labute approximate surface area is 79.7 Å². The molecule has 0 radical (unpaired) electrons. The highest BCUT2D eigenvalue weighted by Gasteiger charge is 2.61. The molecular formula is C9H11F3O2. The number of rotatable bonds is 2. The SMILES string of the molecule is CCOC(=O)C1(C(F)(F)F)CC=CC1. The molecule has 0 amide bonds. The van der Waals surface area contributed by atoms with Gasteiger partial charge in [0, 0.05) is 0 Å². The average Bonchev–Trinajstić information content (AvgIpc) is 2.51. The molecule has 2 nitrogen and oxygen atoms in total. The van der Waals surface area contributed by atoms with Crippen LogP contribution >= 0.6 is 0 Å². The van der Waals surface area contributed by atoms with Crippen molar-refractivity contribution in [3.05, 3.63) is 12.2 Å². The number of hydrogen-bond donors (Lipinski definition) is 0. The van der Waals surface area contributed by atoms with Crippen molar-refractivity contribution in [2.24, 2.45) is 5.41 Å². The second-order valence-corrected chi connectivity index (χ2v) is 3.18. The monoisotopic (exact) mass is 208 g/mol. The lowest BCUT2D eigenvalue weighted by Gasteiger charge is -2.28. The normalized spacial score (nSPS) is 19.7. The third-order valence-electron chi connectivity index (χ3n) is 2.31. The molecule has 0 bridgehead atoms. The molecule has 0 saturated carbocycles. The van der Waals surface area contributed by atoms with Gasteiger partial charge < -0.3 is 4.74 Å². The lowest BCUT2D eigenvalue weighted by atomic mass is 9.84. The molecule has 0 atom stereocenters. The summed E-state index contributed by atoms with van der Waals surface area (Å²) in [5.41, 5.74) is -2.33. The summed E-state index contributed by atoms with van der Waals surface area (Å²) >= 11 is 0. The number of halogens is 3. The molecule has 0 spiro atoms. The van der Waals surface area contributed by atoms with E-state index in [1.54, 1.807) is 0 Å². The van der Waals surface area contributed by atoms with E-state index in [9.17, 15) is 18.0 Å². The van der Waals surface area contributed by atoms with Gasteiger partial charge in [-0.1, -0.05) is 12.2 Å². The number of carbonyl (C=O) groups is 1. The maximum Gasteiger partial charge on any atom is 0.405 e. The fraction of sp³-hybridized carbons (Fsp3) is 0.667. The molecule has 0 saturated heterocycles. The van der Waals surface area contributed by atoms with Gasteiger partial charge in [0.1, 0.15) is 0 Å². The Morgan fingerprint density at radius 3 is 2.29 bits per heavy atom. The fourth-order valence-electron chi connectivity index (χ4n) is 1.44.